The Morgan fingerprint density at radius 3 is 2.53 bits per heavy atom. The lowest BCUT2D eigenvalue weighted by Crippen LogP contribution is -2.38. The molecule has 0 heterocycles. The van der Waals surface area contributed by atoms with Gasteiger partial charge < -0.3 is 10.6 Å². The van der Waals surface area contributed by atoms with Gasteiger partial charge in [0.15, 0.2) is 0 Å². The van der Waals surface area contributed by atoms with E-state index in [0.29, 0.717) is 18.5 Å². The van der Waals surface area contributed by atoms with Crippen molar-refractivity contribution < 1.29 is 4.79 Å². The van der Waals surface area contributed by atoms with Gasteiger partial charge in [0, 0.05) is 25.0 Å². The van der Waals surface area contributed by atoms with Crippen LogP contribution in [0.2, 0.25) is 0 Å². The Bertz CT molecular complexity index is 186. The second-order valence-electron chi connectivity index (χ2n) is 4.76. The lowest BCUT2D eigenvalue weighted by atomic mass is 9.95. The lowest BCUT2D eigenvalue weighted by molar-refractivity contribution is -0.121. The number of carbonyl (C=O) groups excluding carboxylic acids is 1. The highest BCUT2D eigenvalue weighted by Gasteiger charge is 2.14. The van der Waals surface area contributed by atoms with Gasteiger partial charge in [0.05, 0.1) is 0 Å². The zero-order valence-corrected chi connectivity index (χ0v) is 10.0. The topological polar surface area (TPSA) is 41.1 Å². The van der Waals surface area contributed by atoms with E-state index in [0.717, 1.165) is 6.54 Å². The minimum Gasteiger partial charge on any atom is -0.353 e. The van der Waals surface area contributed by atoms with Crippen LogP contribution in [0.15, 0.2) is 0 Å². The average molecular weight is 212 g/mol. The summed E-state index contributed by atoms with van der Waals surface area (Å²) in [5.41, 5.74) is 0. The summed E-state index contributed by atoms with van der Waals surface area (Å²) in [6, 6.07) is 0.915. The number of hydrogen-bond donors (Lipinski definition) is 2. The van der Waals surface area contributed by atoms with Crippen LogP contribution in [0, 0.1) is 0 Å². The summed E-state index contributed by atoms with van der Waals surface area (Å²) >= 11 is 0. The van der Waals surface area contributed by atoms with Crippen molar-refractivity contribution in [2.24, 2.45) is 0 Å². The van der Waals surface area contributed by atoms with E-state index in [9.17, 15) is 4.79 Å². The number of carbonyl (C=O) groups is 1. The molecule has 3 heteroatoms. The number of nitrogens with one attached hydrogen (secondary N) is 2. The minimum atomic E-state index is 0.204. The first-order valence-corrected chi connectivity index (χ1v) is 6.21. The van der Waals surface area contributed by atoms with E-state index in [4.69, 9.17) is 0 Å². The molecule has 0 aromatic rings. The Kier molecular flexibility index (Phi) is 5.69. The van der Waals surface area contributed by atoms with E-state index in [-0.39, 0.29) is 5.91 Å². The largest absolute Gasteiger partial charge is 0.353 e. The Labute approximate surface area is 93.0 Å². The van der Waals surface area contributed by atoms with Crippen molar-refractivity contribution in [1.82, 2.24) is 10.6 Å². The Morgan fingerprint density at radius 2 is 1.93 bits per heavy atom. The highest BCUT2D eigenvalue weighted by atomic mass is 16.1. The maximum atomic E-state index is 11.5. The molecule has 0 atom stereocenters. The highest BCUT2D eigenvalue weighted by Crippen LogP contribution is 2.17. The molecule has 0 bridgehead atoms. The summed E-state index contributed by atoms with van der Waals surface area (Å²) in [6.45, 7) is 4.98. The molecule has 0 aromatic carbocycles. The monoisotopic (exact) mass is 212 g/mol. The molecular formula is C12H24N2O. The quantitative estimate of drug-likeness (QED) is 0.730. The molecule has 0 saturated heterocycles. The first-order valence-electron chi connectivity index (χ1n) is 6.21. The van der Waals surface area contributed by atoms with Crippen molar-refractivity contribution in [2.45, 2.75) is 64.5 Å². The molecule has 2 N–H and O–H groups in total. The molecule has 1 aliphatic rings. The summed E-state index contributed by atoms with van der Waals surface area (Å²) in [5, 5.41) is 6.37. The fourth-order valence-corrected chi connectivity index (χ4v) is 2.02. The highest BCUT2D eigenvalue weighted by molar-refractivity contribution is 5.76. The molecule has 0 aliphatic heterocycles. The molecule has 1 rings (SSSR count). The summed E-state index contributed by atoms with van der Waals surface area (Å²) in [4.78, 5) is 11.5. The molecule has 1 fully saturated rings. The van der Waals surface area contributed by atoms with Crippen molar-refractivity contribution in [2.75, 3.05) is 6.54 Å². The van der Waals surface area contributed by atoms with Crippen molar-refractivity contribution >= 4 is 5.91 Å². The molecule has 3 nitrogen and oxygen atoms in total. The third-order valence-corrected chi connectivity index (χ3v) is 2.87. The van der Waals surface area contributed by atoms with Gasteiger partial charge in [-0.3, -0.25) is 4.79 Å². The third kappa shape index (κ3) is 5.78. The van der Waals surface area contributed by atoms with Crippen molar-refractivity contribution in [1.29, 1.82) is 0 Å². The number of rotatable bonds is 5. The fraction of sp³-hybridized carbons (Fsp3) is 0.917. The molecule has 15 heavy (non-hydrogen) atoms. The van der Waals surface area contributed by atoms with Gasteiger partial charge in [0.1, 0.15) is 0 Å². The van der Waals surface area contributed by atoms with Crippen LogP contribution in [-0.4, -0.2) is 24.5 Å². The third-order valence-electron chi connectivity index (χ3n) is 2.87. The SMILES string of the molecule is CC(C)NCCC(=O)NC1CCCCC1. The second kappa shape index (κ2) is 6.83. The average Bonchev–Trinajstić information content (AvgIpc) is 2.18. The second-order valence-corrected chi connectivity index (χ2v) is 4.76. The molecule has 1 amide bonds. The van der Waals surface area contributed by atoms with Gasteiger partial charge in [0.2, 0.25) is 5.91 Å². The first-order chi connectivity index (χ1) is 7.18. The van der Waals surface area contributed by atoms with Crippen molar-refractivity contribution in [3.8, 4) is 0 Å². The maximum Gasteiger partial charge on any atom is 0.221 e. The number of hydrogen-bond acceptors (Lipinski definition) is 2. The van der Waals surface area contributed by atoms with Crippen LogP contribution in [0.3, 0.4) is 0 Å². The van der Waals surface area contributed by atoms with Crippen LogP contribution in [-0.2, 0) is 4.79 Å². The van der Waals surface area contributed by atoms with E-state index < -0.39 is 0 Å². The van der Waals surface area contributed by atoms with Crippen LogP contribution in [0.1, 0.15) is 52.4 Å². The molecule has 0 spiro atoms. The molecule has 0 unspecified atom stereocenters. The summed E-state index contributed by atoms with van der Waals surface area (Å²) in [6.07, 6.45) is 6.83. The summed E-state index contributed by atoms with van der Waals surface area (Å²) in [7, 11) is 0. The normalized spacial score (nSPS) is 18.1. The molecule has 0 aromatic heterocycles. The van der Waals surface area contributed by atoms with Gasteiger partial charge in [0.25, 0.3) is 0 Å². The molecule has 1 saturated carbocycles. The van der Waals surface area contributed by atoms with Gasteiger partial charge in [-0.2, -0.15) is 0 Å². The Morgan fingerprint density at radius 1 is 1.27 bits per heavy atom. The molecular weight excluding hydrogens is 188 g/mol. The van der Waals surface area contributed by atoms with E-state index in [2.05, 4.69) is 24.5 Å². The van der Waals surface area contributed by atoms with Gasteiger partial charge in [-0.25, -0.2) is 0 Å². The zero-order valence-electron chi connectivity index (χ0n) is 10.0. The van der Waals surface area contributed by atoms with Gasteiger partial charge in [-0.15, -0.1) is 0 Å². The van der Waals surface area contributed by atoms with Gasteiger partial charge >= 0.3 is 0 Å². The van der Waals surface area contributed by atoms with E-state index in [1.54, 1.807) is 0 Å². The van der Waals surface area contributed by atoms with Gasteiger partial charge in [-0.1, -0.05) is 33.1 Å². The zero-order chi connectivity index (χ0) is 11.1. The van der Waals surface area contributed by atoms with E-state index in [1.807, 2.05) is 0 Å². The van der Waals surface area contributed by atoms with Crippen LogP contribution in [0.4, 0.5) is 0 Å². The fourth-order valence-electron chi connectivity index (χ4n) is 2.02. The standard InChI is InChI=1S/C12H24N2O/c1-10(2)13-9-8-12(15)14-11-6-4-3-5-7-11/h10-11,13H,3-9H2,1-2H3,(H,14,15). The minimum absolute atomic E-state index is 0.204. The lowest BCUT2D eigenvalue weighted by Gasteiger charge is -2.22. The van der Waals surface area contributed by atoms with Crippen LogP contribution >= 0.6 is 0 Å². The summed E-state index contributed by atoms with van der Waals surface area (Å²) < 4.78 is 0. The predicted molar refractivity (Wildman–Crippen MR) is 62.8 cm³/mol. The molecule has 88 valence electrons. The van der Waals surface area contributed by atoms with Crippen LogP contribution in [0.5, 0.6) is 0 Å². The predicted octanol–water partition coefficient (Wildman–Crippen LogP) is 1.82. The molecule has 1 aliphatic carbocycles. The maximum absolute atomic E-state index is 11.5. The number of amides is 1. The van der Waals surface area contributed by atoms with Crippen LogP contribution in [0.25, 0.3) is 0 Å². The van der Waals surface area contributed by atoms with E-state index in [1.165, 1.54) is 32.1 Å². The van der Waals surface area contributed by atoms with Gasteiger partial charge in [-0.05, 0) is 12.8 Å². The smallest absolute Gasteiger partial charge is 0.221 e. The molecule has 0 radical (unpaired) electrons. The summed E-state index contributed by atoms with van der Waals surface area (Å²) in [5.74, 6) is 0.204. The van der Waals surface area contributed by atoms with E-state index >= 15 is 0 Å². The van der Waals surface area contributed by atoms with Crippen molar-refractivity contribution in [3.63, 3.8) is 0 Å². The van der Waals surface area contributed by atoms with Crippen LogP contribution < -0.4 is 10.6 Å². The Balaban J connectivity index is 2.06. The van der Waals surface area contributed by atoms with Crippen molar-refractivity contribution in [3.05, 3.63) is 0 Å². The Hall–Kier alpha value is -0.570. The first kappa shape index (κ1) is 12.5.